The van der Waals surface area contributed by atoms with Crippen LogP contribution in [0.4, 0.5) is 0 Å². The Morgan fingerprint density at radius 3 is 2.00 bits per heavy atom. The van der Waals surface area contributed by atoms with Gasteiger partial charge in [-0.1, -0.05) is 0 Å². The number of hydrogen-bond donors (Lipinski definition) is 0. The molecule has 0 aromatic carbocycles. The summed E-state index contributed by atoms with van der Waals surface area (Å²) in [4.78, 5) is 0. The normalized spacial score (nSPS) is 15.0. The minimum atomic E-state index is 0.947. The Labute approximate surface area is 42.5 Å². The molecule has 0 rings (SSSR count). The summed E-state index contributed by atoms with van der Waals surface area (Å²) < 4.78 is 0.947. The van der Waals surface area contributed by atoms with Gasteiger partial charge in [-0.2, -0.15) is 0 Å². The molecule has 0 aliphatic carbocycles. The first-order chi connectivity index (χ1) is 2.27. The van der Waals surface area contributed by atoms with E-state index in [-0.39, 0.29) is 0 Å². The number of rotatable bonds is 1. The Bertz CT molecular complexity index is 17.6. The van der Waals surface area contributed by atoms with Gasteiger partial charge < -0.3 is 0 Å². The van der Waals surface area contributed by atoms with Crippen LogP contribution >= 0.6 is 0 Å². The zero-order chi connectivity index (χ0) is 4.28. The first kappa shape index (κ1) is 5.56. The summed E-state index contributed by atoms with van der Waals surface area (Å²) in [5, 5.41) is 0. The minimum absolute atomic E-state index is 0.947. The van der Waals surface area contributed by atoms with E-state index >= 15 is 0 Å². The Hall–Kier alpha value is 0.558. The van der Waals surface area contributed by atoms with Crippen molar-refractivity contribution in [3.05, 3.63) is 0 Å². The SMILES string of the molecule is CC[C@H](C)[AsH2]. The van der Waals surface area contributed by atoms with Gasteiger partial charge in [0.2, 0.25) is 0 Å². The third-order valence-electron chi connectivity index (χ3n) is 0.644. The van der Waals surface area contributed by atoms with Crippen LogP contribution in [0.25, 0.3) is 0 Å². The molecular weight excluding hydrogens is 123 g/mol. The van der Waals surface area contributed by atoms with E-state index in [0.29, 0.717) is 0 Å². The standard InChI is InChI=1S/C4H11As/c1-3-4(2)5/h4H,3,5H2,1-2H3/t4-/m0/s1. The molecule has 2 atom stereocenters. The van der Waals surface area contributed by atoms with E-state index in [1.165, 1.54) is 6.42 Å². The van der Waals surface area contributed by atoms with Crippen LogP contribution in [0.5, 0.6) is 0 Å². The molecule has 0 aliphatic heterocycles. The molecule has 32 valence electrons. The molecule has 0 nitrogen and oxygen atoms in total. The van der Waals surface area contributed by atoms with Crippen LogP contribution in [-0.2, 0) is 0 Å². The van der Waals surface area contributed by atoms with E-state index < -0.39 is 0 Å². The molecule has 0 aliphatic rings. The van der Waals surface area contributed by atoms with Crippen molar-refractivity contribution in [3.63, 3.8) is 0 Å². The number of hydrogen-bond acceptors (Lipinski definition) is 0. The van der Waals surface area contributed by atoms with E-state index in [1.807, 2.05) is 16.9 Å². The van der Waals surface area contributed by atoms with Crippen LogP contribution in [0.15, 0.2) is 0 Å². The molecule has 0 bridgehead atoms. The molecule has 0 aromatic heterocycles. The zero-order valence-corrected chi connectivity index (χ0v) is 6.28. The molecule has 1 unspecified atom stereocenters. The fraction of sp³-hybridized carbons (Fsp3) is 1.00. The second-order valence-corrected chi connectivity index (χ2v) is 3.77. The second kappa shape index (κ2) is 2.78. The molecule has 0 heterocycles. The molecular formula is C4H11As. The zero-order valence-electron chi connectivity index (χ0n) is 3.86. The van der Waals surface area contributed by atoms with Crippen molar-refractivity contribution in [2.75, 3.05) is 0 Å². The third-order valence-corrected chi connectivity index (χ3v) is 1.63. The van der Waals surface area contributed by atoms with Gasteiger partial charge in [-0.05, 0) is 0 Å². The molecule has 0 saturated carbocycles. The summed E-state index contributed by atoms with van der Waals surface area (Å²) in [5.74, 6) is 0. The monoisotopic (exact) mass is 134 g/mol. The maximum atomic E-state index is 2.25. The molecule has 1 heteroatoms. The molecule has 0 fully saturated rings. The van der Waals surface area contributed by atoms with Crippen LogP contribution < -0.4 is 0 Å². The Morgan fingerprint density at radius 1 is 1.80 bits per heavy atom. The fourth-order valence-electron chi connectivity index (χ4n) is 0. The molecule has 0 amide bonds. The predicted octanol–water partition coefficient (Wildman–Crippen LogP) is 0.838. The van der Waals surface area contributed by atoms with E-state index in [4.69, 9.17) is 0 Å². The van der Waals surface area contributed by atoms with Crippen molar-refractivity contribution in [2.45, 2.75) is 25.0 Å². The average molecular weight is 134 g/mol. The van der Waals surface area contributed by atoms with Crippen molar-refractivity contribution in [1.82, 2.24) is 0 Å². The Morgan fingerprint density at radius 2 is 2.00 bits per heavy atom. The average Bonchev–Trinajstić information content (AvgIpc) is 1.38. The molecule has 0 radical (unpaired) electrons. The molecule has 5 heavy (non-hydrogen) atoms. The Balaban J connectivity index is 2.54. The van der Waals surface area contributed by atoms with E-state index in [0.717, 1.165) is 4.71 Å². The topological polar surface area (TPSA) is 0 Å². The van der Waals surface area contributed by atoms with Gasteiger partial charge in [-0.3, -0.25) is 0 Å². The second-order valence-electron chi connectivity index (χ2n) is 1.39. The van der Waals surface area contributed by atoms with Crippen molar-refractivity contribution < 1.29 is 0 Å². The summed E-state index contributed by atoms with van der Waals surface area (Å²) in [6.07, 6.45) is 1.33. The van der Waals surface area contributed by atoms with E-state index in [2.05, 4.69) is 13.8 Å². The van der Waals surface area contributed by atoms with Gasteiger partial charge >= 0.3 is 41.8 Å². The molecule has 0 N–H and O–H groups in total. The van der Waals surface area contributed by atoms with Gasteiger partial charge in [0.25, 0.3) is 0 Å². The summed E-state index contributed by atoms with van der Waals surface area (Å²) in [5.41, 5.74) is 0. The first-order valence-corrected chi connectivity index (χ1v) is 3.42. The summed E-state index contributed by atoms with van der Waals surface area (Å²) in [7, 11) is 0. The van der Waals surface area contributed by atoms with Crippen LogP contribution in [0.2, 0.25) is 4.71 Å². The Kier molecular flexibility index (Phi) is 3.09. The summed E-state index contributed by atoms with van der Waals surface area (Å²) in [6, 6.07) is 0. The van der Waals surface area contributed by atoms with Gasteiger partial charge in [-0.25, -0.2) is 0 Å². The van der Waals surface area contributed by atoms with E-state index in [9.17, 15) is 0 Å². The van der Waals surface area contributed by atoms with Crippen LogP contribution in [-0.4, -0.2) is 16.9 Å². The fourth-order valence-corrected chi connectivity index (χ4v) is 0. The van der Waals surface area contributed by atoms with Gasteiger partial charge in [0.15, 0.2) is 0 Å². The summed E-state index contributed by atoms with van der Waals surface area (Å²) >= 11 is 1.84. The van der Waals surface area contributed by atoms with Crippen molar-refractivity contribution in [3.8, 4) is 0 Å². The van der Waals surface area contributed by atoms with Gasteiger partial charge in [0.1, 0.15) is 0 Å². The van der Waals surface area contributed by atoms with Gasteiger partial charge in [0, 0.05) is 0 Å². The summed E-state index contributed by atoms with van der Waals surface area (Å²) in [6.45, 7) is 4.46. The molecule has 0 aromatic rings. The van der Waals surface area contributed by atoms with Crippen LogP contribution in [0.3, 0.4) is 0 Å². The van der Waals surface area contributed by atoms with Crippen molar-refractivity contribution in [1.29, 1.82) is 0 Å². The van der Waals surface area contributed by atoms with Gasteiger partial charge in [0.05, 0.1) is 0 Å². The van der Waals surface area contributed by atoms with Crippen LogP contribution in [0.1, 0.15) is 20.3 Å². The molecule has 0 saturated heterocycles. The van der Waals surface area contributed by atoms with E-state index in [1.54, 1.807) is 0 Å². The van der Waals surface area contributed by atoms with Crippen molar-refractivity contribution in [2.24, 2.45) is 0 Å². The van der Waals surface area contributed by atoms with Crippen LogP contribution in [0, 0.1) is 0 Å². The predicted molar refractivity (Wildman–Crippen MR) is 28.3 cm³/mol. The maximum absolute atomic E-state index is 2.25. The van der Waals surface area contributed by atoms with Crippen molar-refractivity contribution >= 4 is 16.9 Å². The third kappa shape index (κ3) is 4.56. The quantitative estimate of drug-likeness (QED) is 0.466. The first-order valence-electron chi connectivity index (χ1n) is 2.03. The molecule has 0 spiro atoms. The van der Waals surface area contributed by atoms with Gasteiger partial charge in [-0.15, -0.1) is 0 Å².